The van der Waals surface area contributed by atoms with E-state index in [4.69, 9.17) is 9.47 Å². The summed E-state index contributed by atoms with van der Waals surface area (Å²) in [5.74, 6) is 0. The fourth-order valence-corrected chi connectivity index (χ4v) is 2.16. The Morgan fingerprint density at radius 2 is 1.61 bits per heavy atom. The molecule has 0 saturated carbocycles. The summed E-state index contributed by atoms with van der Waals surface area (Å²) in [6, 6.07) is 0. The minimum Gasteiger partial charge on any atom is -0.444 e. The number of hydrogen-bond acceptors (Lipinski definition) is 4. The van der Waals surface area contributed by atoms with Gasteiger partial charge in [-0.05, 0) is 48.0 Å². The Morgan fingerprint density at radius 3 is 2.04 bits per heavy atom. The average Bonchev–Trinajstić information content (AvgIpc) is 2.69. The summed E-state index contributed by atoms with van der Waals surface area (Å²) >= 11 is 0. The summed E-state index contributed by atoms with van der Waals surface area (Å²) in [4.78, 5) is 25.0. The molecule has 1 atom stereocenters. The highest BCUT2D eigenvalue weighted by Gasteiger charge is 2.49. The van der Waals surface area contributed by atoms with Gasteiger partial charge in [-0.3, -0.25) is 0 Å². The van der Waals surface area contributed by atoms with Crippen LogP contribution in [0, 0.1) is 0 Å². The molecule has 134 valence electrons. The van der Waals surface area contributed by atoms with Crippen molar-refractivity contribution >= 4 is 12.2 Å². The Labute approximate surface area is 135 Å². The first kappa shape index (κ1) is 19.4. The highest BCUT2D eigenvalue weighted by molar-refractivity contribution is 5.71. The smallest absolute Gasteiger partial charge is 0.410 e. The van der Waals surface area contributed by atoms with Crippen LogP contribution in [-0.2, 0) is 9.47 Å². The number of carbonyl (C=O) groups excluding carboxylic acids is 2. The summed E-state index contributed by atoms with van der Waals surface area (Å²) in [5, 5.41) is 2.24. The standard InChI is InChI=1S/C15H26F2N2O4/c1-13(2,3)22-11(20)18-15(10(16)17)7-8-19(9-15)12(21)23-14(4,5)6/h10H,7-9H2,1-6H3,(H,18,20). The van der Waals surface area contributed by atoms with Gasteiger partial charge in [-0.2, -0.15) is 0 Å². The molecule has 0 aliphatic carbocycles. The topological polar surface area (TPSA) is 67.9 Å². The van der Waals surface area contributed by atoms with E-state index < -0.39 is 35.4 Å². The molecule has 23 heavy (non-hydrogen) atoms. The van der Waals surface area contributed by atoms with E-state index in [1.54, 1.807) is 41.5 Å². The van der Waals surface area contributed by atoms with E-state index in [0.717, 1.165) is 0 Å². The van der Waals surface area contributed by atoms with Crippen molar-refractivity contribution in [3.8, 4) is 0 Å². The molecule has 0 aromatic carbocycles. The first-order chi connectivity index (χ1) is 10.2. The van der Waals surface area contributed by atoms with Crippen LogP contribution in [-0.4, -0.2) is 53.3 Å². The van der Waals surface area contributed by atoms with Crippen LogP contribution in [0.2, 0.25) is 0 Å². The zero-order valence-corrected chi connectivity index (χ0v) is 14.5. The molecule has 1 fully saturated rings. The lowest BCUT2D eigenvalue weighted by Crippen LogP contribution is -2.57. The van der Waals surface area contributed by atoms with Crippen molar-refractivity contribution in [2.24, 2.45) is 0 Å². The summed E-state index contributed by atoms with van der Waals surface area (Å²) in [5.41, 5.74) is -3.33. The molecule has 0 aromatic rings. The number of carbonyl (C=O) groups is 2. The molecule has 1 rings (SSSR count). The van der Waals surface area contributed by atoms with Gasteiger partial charge in [0.25, 0.3) is 6.43 Å². The lowest BCUT2D eigenvalue weighted by atomic mass is 10.00. The summed E-state index contributed by atoms with van der Waals surface area (Å²) in [6.07, 6.45) is -4.50. The SMILES string of the molecule is CC(C)(C)OC(=O)NC1(C(F)F)CCN(C(=O)OC(C)(C)C)C1. The normalized spacial score (nSPS) is 22.2. The van der Waals surface area contributed by atoms with Gasteiger partial charge in [0.15, 0.2) is 0 Å². The van der Waals surface area contributed by atoms with Crippen LogP contribution < -0.4 is 5.32 Å². The molecule has 6 nitrogen and oxygen atoms in total. The predicted octanol–water partition coefficient (Wildman–Crippen LogP) is 3.16. The van der Waals surface area contributed by atoms with Crippen molar-refractivity contribution in [2.75, 3.05) is 13.1 Å². The van der Waals surface area contributed by atoms with Crippen LogP contribution in [0.15, 0.2) is 0 Å². The van der Waals surface area contributed by atoms with Crippen molar-refractivity contribution in [1.82, 2.24) is 10.2 Å². The van der Waals surface area contributed by atoms with E-state index in [0.29, 0.717) is 0 Å². The largest absolute Gasteiger partial charge is 0.444 e. The van der Waals surface area contributed by atoms with Gasteiger partial charge in [0.05, 0.1) is 6.54 Å². The molecule has 1 saturated heterocycles. The number of nitrogens with one attached hydrogen (secondary N) is 1. The molecule has 0 bridgehead atoms. The first-order valence-corrected chi connectivity index (χ1v) is 7.51. The van der Waals surface area contributed by atoms with Gasteiger partial charge in [-0.15, -0.1) is 0 Å². The van der Waals surface area contributed by atoms with Crippen molar-refractivity contribution in [3.05, 3.63) is 0 Å². The quantitative estimate of drug-likeness (QED) is 0.841. The van der Waals surface area contributed by atoms with Crippen LogP contribution in [0.5, 0.6) is 0 Å². The van der Waals surface area contributed by atoms with Gasteiger partial charge in [0.2, 0.25) is 0 Å². The van der Waals surface area contributed by atoms with E-state index in [2.05, 4.69) is 5.32 Å². The monoisotopic (exact) mass is 336 g/mol. The molecule has 1 unspecified atom stereocenters. The summed E-state index contributed by atoms with van der Waals surface area (Å²) in [6.45, 7) is 9.77. The van der Waals surface area contributed by atoms with Gasteiger partial charge < -0.3 is 19.7 Å². The van der Waals surface area contributed by atoms with E-state index in [1.807, 2.05) is 0 Å². The molecular formula is C15H26F2N2O4. The van der Waals surface area contributed by atoms with E-state index in [-0.39, 0.29) is 19.5 Å². The second-order valence-corrected chi connectivity index (χ2v) is 7.74. The number of nitrogens with zero attached hydrogens (tertiary/aromatic N) is 1. The molecule has 0 spiro atoms. The van der Waals surface area contributed by atoms with Crippen LogP contribution in [0.4, 0.5) is 18.4 Å². The van der Waals surface area contributed by atoms with Gasteiger partial charge in [-0.1, -0.05) is 0 Å². The number of halogens is 2. The lowest BCUT2D eigenvalue weighted by molar-refractivity contribution is 0.00339. The highest BCUT2D eigenvalue weighted by atomic mass is 19.3. The second kappa shape index (κ2) is 6.49. The molecule has 2 amide bonds. The third kappa shape index (κ3) is 5.84. The van der Waals surface area contributed by atoms with Crippen LogP contribution >= 0.6 is 0 Å². The van der Waals surface area contributed by atoms with Gasteiger partial charge in [0, 0.05) is 6.54 Å². The number of rotatable bonds is 2. The van der Waals surface area contributed by atoms with Crippen molar-refractivity contribution in [3.63, 3.8) is 0 Å². The van der Waals surface area contributed by atoms with Crippen molar-refractivity contribution < 1.29 is 27.8 Å². The van der Waals surface area contributed by atoms with Crippen LogP contribution in [0.1, 0.15) is 48.0 Å². The van der Waals surface area contributed by atoms with Crippen molar-refractivity contribution in [1.29, 1.82) is 0 Å². The van der Waals surface area contributed by atoms with Gasteiger partial charge in [-0.25, -0.2) is 18.4 Å². The number of alkyl carbamates (subject to hydrolysis) is 1. The highest BCUT2D eigenvalue weighted by Crippen LogP contribution is 2.29. The van der Waals surface area contributed by atoms with E-state index in [1.165, 1.54) is 4.90 Å². The average molecular weight is 336 g/mol. The maximum atomic E-state index is 13.5. The fraction of sp³-hybridized carbons (Fsp3) is 0.867. The van der Waals surface area contributed by atoms with Crippen LogP contribution in [0.25, 0.3) is 0 Å². The minimum absolute atomic E-state index is 0.0663. The third-order valence-corrected chi connectivity index (χ3v) is 3.12. The molecule has 1 aliphatic heterocycles. The van der Waals surface area contributed by atoms with E-state index in [9.17, 15) is 18.4 Å². The lowest BCUT2D eigenvalue weighted by Gasteiger charge is -2.31. The first-order valence-electron chi connectivity index (χ1n) is 7.51. The number of amides is 2. The molecule has 0 aromatic heterocycles. The number of alkyl halides is 2. The second-order valence-electron chi connectivity index (χ2n) is 7.74. The maximum absolute atomic E-state index is 13.5. The van der Waals surface area contributed by atoms with E-state index >= 15 is 0 Å². The van der Waals surface area contributed by atoms with Gasteiger partial charge >= 0.3 is 12.2 Å². The Morgan fingerprint density at radius 1 is 1.09 bits per heavy atom. The number of hydrogen-bond donors (Lipinski definition) is 1. The zero-order valence-electron chi connectivity index (χ0n) is 14.5. The Balaban J connectivity index is 2.77. The molecule has 0 radical (unpaired) electrons. The molecule has 1 N–H and O–H groups in total. The van der Waals surface area contributed by atoms with Crippen LogP contribution in [0.3, 0.4) is 0 Å². The Kier molecular flexibility index (Phi) is 5.49. The molecule has 1 aliphatic rings. The zero-order chi connectivity index (χ0) is 18.1. The number of likely N-dealkylation sites (tertiary alicyclic amines) is 1. The molecular weight excluding hydrogens is 310 g/mol. The van der Waals surface area contributed by atoms with Crippen molar-refractivity contribution in [2.45, 2.75) is 71.1 Å². The summed E-state index contributed by atoms with van der Waals surface area (Å²) in [7, 11) is 0. The minimum atomic E-state index is -2.83. The fourth-order valence-electron chi connectivity index (χ4n) is 2.16. The Hall–Kier alpha value is -1.60. The third-order valence-electron chi connectivity index (χ3n) is 3.12. The number of ether oxygens (including phenoxy) is 2. The Bertz CT molecular complexity index is 457. The maximum Gasteiger partial charge on any atom is 0.410 e. The summed E-state index contributed by atoms with van der Waals surface area (Å²) < 4.78 is 37.2. The predicted molar refractivity (Wildman–Crippen MR) is 80.5 cm³/mol. The van der Waals surface area contributed by atoms with Gasteiger partial charge in [0.1, 0.15) is 16.7 Å². The molecule has 8 heteroatoms. The molecule has 1 heterocycles.